The summed E-state index contributed by atoms with van der Waals surface area (Å²) in [5.74, 6) is -1.48. The summed E-state index contributed by atoms with van der Waals surface area (Å²) in [5.41, 5.74) is 3.48. The molecule has 0 radical (unpaired) electrons. The van der Waals surface area contributed by atoms with Crippen molar-refractivity contribution in [3.8, 4) is 0 Å². The lowest BCUT2D eigenvalue weighted by molar-refractivity contribution is -0.119. The highest BCUT2D eigenvalue weighted by Gasteiger charge is 2.17. The highest BCUT2D eigenvalue weighted by Crippen LogP contribution is 2.18. The predicted octanol–water partition coefficient (Wildman–Crippen LogP) is 4.35. The quantitative estimate of drug-likeness (QED) is 0.601. The predicted molar refractivity (Wildman–Crippen MR) is 116 cm³/mol. The number of rotatable bonds is 6. The van der Waals surface area contributed by atoms with Crippen LogP contribution in [-0.2, 0) is 9.53 Å². The van der Waals surface area contributed by atoms with Crippen LogP contribution >= 0.6 is 0 Å². The van der Waals surface area contributed by atoms with Crippen molar-refractivity contribution in [2.45, 2.75) is 13.8 Å². The largest absolute Gasteiger partial charge is 0.452 e. The van der Waals surface area contributed by atoms with Gasteiger partial charge in [0, 0.05) is 11.3 Å². The molecule has 0 fully saturated rings. The molecule has 3 aromatic carbocycles. The number of hydrogen-bond acceptors (Lipinski definition) is 4. The lowest BCUT2D eigenvalue weighted by atomic mass is 10.1. The number of anilines is 2. The Morgan fingerprint density at radius 1 is 0.800 bits per heavy atom. The molecule has 3 aromatic rings. The summed E-state index contributed by atoms with van der Waals surface area (Å²) in [4.78, 5) is 37.1. The number of para-hydroxylation sites is 2. The van der Waals surface area contributed by atoms with Gasteiger partial charge in [0.15, 0.2) is 6.61 Å². The van der Waals surface area contributed by atoms with Crippen molar-refractivity contribution in [2.75, 3.05) is 17.2 Å². The fourth-order valence-corrected chi connectivity index (χ4v) is 2.86. The van der Waals surface area contributed by atoms with E-state index >= 15 is 0 Å². The van der Waals surface area contributed by atoms with Gasteiger partial charge in [-0.25, -0.2) is 4.79 Å². The van der Waals surface area contributed by atoms with Crippen LogP contribution in [-0.4, -0.2) is 24.4 Å². The summed E-state index contributed by atoms with van der Waals surface area (Å²) in [6.45, 7) is 3.33. The Morgan fingerprint density at radius 2 is 1.50 bits per heavy atom. The van der Waals surface area contributed by atoms with Gasteiger partial charge >= 0.3 is 5.97 Å². The van der Waals surface area contributed by atoms with Crippen LogP contribution in [0.2, 0.25) is 0 Å². The molecule has 0 aliphatic heterocycles. The zero-order valence-electron chi connectivity index (χ0n) is 16.8. The molecule has 6 heteroatoms. The van der Waals surface area contributed by atoms with Crippen LogP contribution in [0.25, 0.3) is 0 Å². The normalized spacial score (nSPS) is 10.2. The number of carbonyl (C=O) groups is 3. The van der Waals surface area contributed by atoms with E-state index < -0.39 is 18.5 Å². The molecule has 6 nitrogen and oxygen atoms in total. The molecule has 3 rings (SSSR count). The van der Waals surface area contributed by atoms with Crippen LogP contribution in [0.4, 0.5) is 11.4 Å². The molecule has 0 bridgehead atoms. The van der Waals surface area contributed by atoms with Crippen molar-refractivity contribution in [1.82, 2.24) is 0 Å². The Hall–Kier alpha value is -3.93. The molecule has 0 aliphatic carbocycles. The van der Waals surface area contributed by atoms with Gasteiger partial charge in [-0.3, -0.25) is 9.59 Å². The van der Waals surface area contributed by atoms with E-state index in [1.54, 1.807) is 42.5 Å². The fraction of sp³-hybridized carbons (Fsp3) is 0.125. The van der Waals surface area contributed by atoms with Gasteiger partial charge in [0.2, 0.25) is 0 Å². The van der Waals surface area contributed by atoms with E-state index in [1.165, 1.54) is 6.07 Å². The second-order valence-corrected chi connectivity index (χ2v) is 6.81. The van der Waals surface area contributed by atoms with Gasteiger partial charge in [-0.05, 0) is 49.7 Å². The Labute approximate surface area is 174 Å². The highest BCUT2D eigenvalue weighted by atomic mass is 16.5. The highest BCUT2D eigenvalue weighted by molar-refractivity contribution is 6.08. The third kappa shape index (κ3) is 5.32. The first-order valence-electron chi connectivity index (χ1n) is 9.43. The molecule has 0 aliphatic rings. The zero-order valence-corrected chi connectivity index (χ0v) is 16.8. The first-order valence-corrected chi connectivity index (χ1v) is 9.43. The van der Waals surface area contributed by atoms with Crippen molar-refractivity contribution < 1.29 is 19.1 Å². The van der Waals surface area contributed by atoms with Gasteiger partial charge in [-0.15, -0.1) is 0 Å². The number of hydrogen-bond donors (Lipinski definition) is 2. The van der Waals surface area contributed by atoms with Gasteiger partial charge in [-0.1, -0.05) is 48.0 Å². The maximum absolute atomic E-state index is 12.5. The van der Waals surface area contributed by atoms with E-state index in [1.807, 2.05) is 38.1 Å². The third-order valence-corrected chi connectivity index (χ3v) is 4.43. The molecule has 0 saturated carbocycles. The average Bonchev–Trinajstić information content (AvgIpc) is 2.74. The molecule has 152 valence electrons. The van der Waals surface area contributed by atoms with Crippen molar-refractivity contribution in [1.29, 1.82) is 0 Å². The van der Waals surface area contributed by atoms with Crippen LogP contribution in [0, 0.1) is 13.8 Å². The van der Waals surface area contributed by atoms with Crippen LogP contribution in [0.3, 0.4) is 0 Å². The summed E-state index contributed by atoms with van der Waals surface area (Å²) >= 11 is 0. The zero-order chi connectivity index (χ0) is 21.5. The van der Waals surface area contributed by atoms with Gasteiger partial charge in [0.25, 0.3) is 11.8 Å². The minimum absolute atomic E-state index is 0.169. The monoisotopic (exact) mass is 402 g/mol. The number of amides is 2. The molecule has 0 aromatic heterocycles. The standard InChI is InChI=1S/C24H22N2O4/c1-16-8-7-10-18(14-16)23(28)26-21-13-6-4-11-19(21)24(29)30-15-22(27)25-20-12-5-3-9-17(20)2/h3-14H,15H2,1-2H3,(H,25,27)(H,26,28). The topological polar surface area (TPSA) is 84.5 Å². The van der Waals surface area contributed by atoms with E-state index in [0.717, 1.165) is 11.1 Å². The minimum Gasteiger partial charge on any atom is -0.452 e. The van der Waals surface area contributed by atoms with Gasteiger partial charge < -0.3 is 15.4 Å². The van der Waals surface area contributed by atoms with Crippen molar-refractivity contribution >= 4 is 29.2 Å². The lowest BCUT2D eigenvalue weighted by Crippen LogP contribution is -2.22. The van der Waals surface area contributed by atoms with Gasteiger partial charge in [0.1, 0.15) is 0 Å². The van der Waals surface area contributed by atoms with Crippen LogP contribution in [0.1, 0.15) is 31.8 Å². The molecule has 0 unspecified atom stereocenters. The third-order valence-electron chi connectivity index (χ3n) is 4.43. The maximum Gasteiger partial charge on any atom is 0.340 e. The summed E-state index contributed by atoms with van der Waals surface area (Å²) in [6, 6.07) is 21.0. The van der Waals surface area contributed by atoms with E-state index in [4.69, 9.17) is 4.74 Å². The molecule has 0 heterocycles. The number of aryl methyl sites for hydroxylation is 2. The Kier molecular flexibility index (Phi) is 6.60. The summed E-state index contributed by atoms with van der Waals surface area (Å²) < 4.78 is 5.15. The molecular formula is C24H22N2O4. The number of carbonyl (C=O) groups excluding carboxylic acids is 3. The summed E-state index contributed by atoms with van der Waals surface area (Å²) in [5, 5.41) is 5.43. The second kappa shape index (κ2) is 9.52. The molecule has 0 atom stereocenters. The van der Waals surface area contributed by atoms with E-state index in [9.17, 15) is 14.4 Å². The summed E-state index contributed by atoms with van der Waals surface area (Å²) in [7, 11) is 0. The summed E-state index contributed by atoms with van der Waals surface area (Å²) in [6.07, 6.45) is 0. The number of esters is 1. The van der Waals surface area contributed by atoms with Gasteiger partial charge in [0.05, 0.1) is 11.3 Å². The van der Waals surface area contributed by atoms with Crippen molar-refractivity contribution in [2.24, 2.45) is 0 Å². The average molecular weight is 402 g/mol. The van der Waals surface area contributed by atoms with Crippen LogP contribution < -0.4 is 10.6 Å². The SMILES string of the molecule is Cc1cccc(C(=O)Nc2ccccc2C(=O)OCC(=O)Nc2ccccc2C)c1. The number of benzene rings is 3. The fourth-order valence-electron chi connectivity index (χ4n) is 2.86. The smallest absolute Gasteiger partial charge is 0.340 e. The molecular weight excluding hydrogens is 380 g/mol. The van der Waals surface area contributed by atoms with Crippen molar-refractivity contribution in [3.63, 3.8) is 0 Å². The molecule has 2 N–H and O–H groups in total. The molecule has 2 amide bonds. The van der Waals surface area contributed by atoms with Crippen LogP contribution in [0.5, 0.6) is 0 Å². The van der Waals surface area contributed by atoms with E-state index in [0.29, 0.717) is 16.9 Å². The Balaban J connectivity index is 1.64. The number of nitrogens with one attached hydrogen (secondary N) is 2. The Bertz CT molecular complexity index is 1090. The van der Waals surface area contributed by atoms with Gasteiger partial charge in [-0.2, -0.15) is 0 Å². The second-order valence-electron chi connectivity index (χ2n) is 6.81. The first kappa shape index (κ1) is 20.8. The van der Waals surface area contributed by atoms with E-state index in [2.05, 4.69) is 10.6 Å². The van der Waals surface area contributed by atoms with E-state index in [-0.39, 0.29) is 11.5 Å². The maximum atomic E-state index is 12.5. The van der Waals surface area contributed by atoms with Crippen LogP contribution in [0.15, 0.2) is 72.8 Å². The number of ether oxygens (including phenoxy) is 1. The minimum atomic E-state index is -0.699. The molecule has 30 heavy (non-hydrogen) atoms. The Morgan fingerprint density at radius 3 is 2.23 bits per heavy atom. The first-order chi connectivity index (χ1) is 14.4. The van der Waals surface area contributed by atoms with Crippen molar-refractivity contribution in [3.05, 3.63) is 95.1 Å². The lowest BCUT2D eigenvalue weighted by Gasteiger charge is -2.12. The molecule has 0 spiro atoms. The molecule has 0 saturated heterocycles.